The summed E-state index contributed by atoms with van der Waals surface area (Å²) in [4.78, 5) is 0. The molecule has 0 heterocycles. The van der Waals surface area contributed by atoms with Crippen molar-refractivity contribution in [2.45, 2.75) is 20.0 Å². The van der Waals surface area contributed by atoms with Crippen LogP contribution in [0.15, 0.2) is 24.3 Å². The predicted octanol–water partition coefficient (Wildman–Crippen LogP) is 2.59. The van der Waals surface area contributed by atoms with Crippen LogP contribution in [0.3, 0.4) is 0 Å². The zero-order valence-corrected chi connectivity index (χ0v) is 11.7. The molecule has 0 unspecified atom stereocenters. The van der Waals surface area contributed by atoms with Crippen molar-refractivity contribution in [1.82, 2.24) is 0 Å². The molecule has 1 rings (SSSR count). The molecule has 0 amide bonds. The average molecular weight is 286 g/mol. The van der Waals surface area contributed by atoms with E-state index in [9.17, 15) is 0 Å². The largest absolute Gasteiger partial charge is 0 e. The van der Waals surface area contributed by atoms with Crippen LogP contribution >= 0.6 is 0 Å². The van der Waals surface area contributed by atoms with Gasteiger partial charge in [0.2, 0.25) is 0 Å². The summed E-state index contributed by atoms with van der Waals surface area (Å²) in [6, 6.07) is 8.29. The third kappa shape index (κ3) is 11.4. The minimum absolute atomic E-state index is 0. The van der Waals surface area contributed by atoms with Crippen LogP contribution in [-0.2, 0) is 36.1 Å². The van der Waals surface area contributed by atoms with Crippen molar-refractivity contribution >= 4 is 0 Å². The van der Waals surface area contributed by atoms with Crippen LogP contribution in [0.25, 0.3) is 0 Å². The first-order chi connectivity index (χ1) is 8.25. The van der Waals surface area contributed by atoms with E-state index in [-0.39, 0.29) is 23.5 Å². The first-order valence-electron chi connectivity index (χ1n) is 4.45. The van der Waals surface area contributed by atoms with E-state index in [1.165, 1.54) is 11.1 Å². The second-order valence-corrected chi connectivity index (χ2v) is 2.73. The molecule has 0 bridgehead atoms. The Bertz CT molecular complexity index is 330. The molecule has 0 aliphatic heterocycles. The monoisotopic (exact) mass is 286 g/mol. The van der Waals surface area contributed by atoms with Gasteiger partial charge >= 0.3 is 33.9 Å². The van der Waals surface area contributed by atoms with Gasteiger partial charge in [0.1, 0.15) is 0 Å². The van der Waals surface area contributed by atoms with E-state index in [1.54, 1.807) is 7.11 Å². The molecule has 0 aromatic heterocycles. The van der Waals surface area contributed by atoms with Gasteiger partial charge in [0.25, 0.3) is 0 Å². The molecular formula is C13H14CrO4. The fraction of sp³-hybridized carbons (Fsp3) is 0.308. The fourth-order valence-electron chi connectivity index (χ4n) is 1.17. The Labute approximate surface area is 119 Å². The summed E-state index contributed by atoms with van der Waals surface area (Å²) in [5.74, 6) is 0. The molecule has 0 saturated heterocycles. The summed E-state index contributed by atoms with van der Waals surface area (Å²) >= 11 is 0. The van der Waals surface area contributed by atoms with Gasteiger partial charge in [-0.1, -0.05) is 24.3 Å². The topological polar surface area (TPSA) is 68.9 Å². The van der Waals surface area contributed by atoms with Crippen LogP contribution in [0.5, 0.6) is 0 Å². The summed E-state index contributed by atoms with van der Waals surface area (Å²) in [6.45, 7) is 17.7. The predicted molar refractivity (Wildman–Crippen MR) is 58.4 cm³/mol. The zero-order valence-electron chi connectivity index (χ0n) is 10.4. The van der Waals surface area contributed by atoms with Crippen LogP contribution < -0.4 is 0 Å². The van der Waals surface area contributed by atoms with Crippen molar-refractivity contribution in [3.8, 4) is 0 Å². The minimum atomic E-state index is 0. The number of methoxy groups -OCH3 is 1. The number of ether oxygens (including phenoxy) is 1. The Kier molecular flexibility index (Phi) is 30.3. The molecule has 0 aliphatic carbocycles. The van der Waals surface area contributed by atoms with Gasteiger partial charge in [0, 0.05) is 24.5 Å². The van der Waals surface area contributed by atoms with E-state index in [0.29, 0.717) is 0 Å². The van der Waals surface area contributed by atoms with Gasteiger partial charge in [-0.15, -0.1) is 0 Å². The molecule has 0 saturated carbocycles. The van der Waals surface area contributed by atoms with Gasteiger partial charge in [0.05, 0.1) is 6.10 Å². The van der Waals surface area contributed by atoms with Crippen molar-refractivity contribution in [3.05, 3.63) is 55.3 Å². The van der Waals surface area contributed by atoms with Gasteiger partial charge in [0.15, 0.2) is 0 Å². The SMILES string of the molecule is CO[C@H](C)c1ccccc1C.[C-]#[O+].[C-]#[O+].[C-]#[O+].[Cr]. The molecule has 0 spiro atoms. The van der Waals surface area contributed by atoms with E-state index >= 15 is 0 Å². The van der Waals surface area contributed by atoms with Crippen LogP contribution in [-0.4, -0.2) is 7.11 Å². The third-order valence-electron chi connectivity index (χ3n) is 1.98. The van der Waals surface area contributed by atoms with Crippen LogP contribution in [0, 0.1) is 26.9 Å². The first kappa shape index (κ1) is 25.7. The van der Waals surface area contributed by atoms with Crippen molar-refractivity contribution in [1.29, 1.82) is 0 Å². The Balaban J connectivity index is -0.000000123. The van der Waals surface area contributed by atoms with E-state index in [2.05, 4.69) is 45.9 Å². The Morgan fingerprint density at radius 2 is 1.39 bits per heavy atom. The smallest absolute Gasteiger partial charge is 0 e. The van der Waals surface area contributed by atoms with Crippen molar-refractivity contribution in [2.75, 3.05) is 7.11 Å². The maximum absolute atomic E-state index is 7.50. The minimum Gasteiger partial charge on any atom is 0 e. The molecule has 4 nitrogen and oxygen atoms in total. The molecule has 1 aromatic rings. The van der Waals surface area contributed by atoms with Gasteiger partial charge < -0.3 is 4.74 Å². The maximum Gasteiger partial charge on any atom is 0 e. The number of hydrogen-bond donors (Lipinski definition) is 0. The quantitative estimate of drug-likeness (QED) is 0.608. The molecule has 0 radical (unpaired) electrons. The van der Waals surface area contributed by atoms with E-state index in [1.807, 2.05) is 12.1 Å². The molecule has 96 valence electrons. The van der Waals surface area contributed by atoms with Crippen molar-refractivity contribution < 1.29 is 36.1 Å². The number of hydrogen-bond acceptors (Lipinski definition) is 1. The van der Waals surface area contributed by atoms with Gasteiger partial charge in [-0.05, 0) is 25.0 Å². The van der Waals surface area contributed by atoms with Crippen LogP contribution in [0.4, 0.5) is 0 Å². The molecule has 1 atom stereocenters. The fourth-order valence-corrected chi connectivity index (χ4v) is 1.17. The Hall–Kier alpha value is -1.07. The van der Waals surface area contributed by atoms with Crippen LogP contribution in [0.1, 0.15) is 24.2 Å². The molecule has 0 N–H and O–H groups in total. The maximum atomic E-state index is 7.50. The summed E-state index contributed by atoms with van der Waals surface area (Å²) in [7, 11) is 1.73. The van der Waals surface area contributed by atoms with E-state index in [0.717, 1.165) is 0 Å². The van der Waals surface area contributed by atoms with E-state index < -0.39 is 0 Å². The van der Waals surface area contributed by atoms with Gasteiger partial charge in [-0.3, -0.25) is 0 Å². The molecule has 18 heavy (non-hydrogen) atoms. The van der Waals surface area contributed by atoms with Crippen molar-refractivity contribution in [3.63, 3.8) is 0 Å². The molecule has 1 aromatic carbocycles. The zero-order chi connectivity index (χ0) is 14.3. The number of aryl methyl sites for hydroxylation is 1. The molecule has 5 heteroatoms. The number of rotatable bonds is 2. The van der Waals surface area contributed by atoms with E-state index in [4.69, 9.17) is 18.7 Å². The summed E-state index contributed by atoms with van der Waals surface area (Å²) in [5, 5.41) is 0. The van der Waals surface area contributed by atoms with Gasteiger partial charge in [-0.25, -0.2) is 0 Å². The Morgan fingerprint density at radius 3 is 1.72 bits per heavy atom. The summed E-state index contributed by atoms with van der Waals surface area (Å²) < 4.78 is 27.7. The third-order valence-corrected chi connectivity index (χ3v) is 1.98. The molecule has 0 fully saturated rings. The summed E-state index contributed by atoms with van der Waals surface area (Å²) in [6.07, 6.45) is 0.205. The molecular weight excluding hydrogens is 272 g/mol. The van der Waals surface area contributed by atoms with Crippen LogP contribution in [0.2, 0.25) is 0 Å². The first-order valence-corrected chi connectivity index (χ1v) is 4.45. The second kappa shape index (κ2) is 21.2. The molecule has 0 aliphatic rings. The standard InChI is InChI=1S/C10H14O.3CO.Cr/c1-8-6-4-5-7-10(8)9(2)11-3;3*1-2;/h4-7,9H,1-3H3;;;;/t9-;;;;/m1..../s1. The summed E-state index contributed by atoms with van der Waals surface area (Å²) in [5.41, 5.74) is 2.57. The van der Waals surface area contributed by atoms with Crippen molar-refractivity contribution in [2.24, 2.45) is 0 Å². The normalized spacial score (nSPS) is 8.28. The number of benzene rings is 1. The second-order valence-electron chi connectivity index (χ2n) is 2.73. The Morgan fingerprint density at radius 1 is 1.00 bits per heavy atom. The van der Waals surface area contributed by atoms with Gasteiger partial charge in [-0.2, -0.15) is 0 Å². The average Bonchev–Trinajstić information content (AvgIpc) is 2.45.